The number of hydrogen-bond acceptors (Lipinski definition) is 2. The summed E-state index contributed by atoms with van der Waals surface area (Å²) in [6.07, 6.45) is 3.85. The maximum Gasteiger partial charge on any atom is 0.251 e. The summed E-state index contributed by atoms with van der Waals surface area (Å²) in [6, 6.07) is 6.50. The van der Waals surface area contributed by atoms with Gasteiger partial charge in [-0.1, -0.05) is 0 Å². The van der Waals surface area contributed by atoms with Gasteiger partial charge in [-0.15, -0.1) is 0 Å². The van der Waals surface area contributed by atoms with Crippen molar-refractivity contribution in [2.24, 2.45) is 5.92 Å². The molecule has 0 bridgehead atoms. The fourth-order valence-corrected chi connectivity index (χ4v) is 2.74. The topological polar surface area (TPSA) is 32.3 Å². The summed E-state index contributed by atoms with van der Waals surface area (Å²) in [7, 11) is 0. The maximum absolute atomic E-state index is 12.8. The van der Waals surface area contributed by atoms with Crippen molar-refractivity contribution in [3.8, 4) is 0 Å². The second-order valence-electron chi connectivity index (χ2n) is 5.60. The Morgan fingerprint density at radius 2 is 2.00 bits per heavy atom. The summed E-state index contributed by atoms with van der Waals surface area (Å²) in [5.41, 5.74) is 0.526. The van der Waals surface area contributed by atoms with Crippen LogP contribution in [-0.2, 0) is 0 Å². The van der Waals surface area contributed by atoms with Gasteiger partial charge in [-0.25, -0.2) is 4.39 Å². The van der Waals surface area contributed by atoms with E-state index in [1.165, 1.54) is 50.1 Å². The predicted molar refractivity (Wildman–Crippen MR) is 71.4 cm³/mol. The normalized spacial score (nSPS) is 23.5. The molecule has 1 aromatic carbocycles. The summed E-state index contributed by atoms with van der Waals surface area (Å²) in [5.74, 6) is 0.141. The van der Waals surface area contributed by atoms with Crippen LogP contribution in [0.1, 0.15) is 29.6 Å². The van der Waals surface area contributed by atoms with Crippen LogP contribution in [0.25, 0.3) is 0 Å². The number of halogens is 1. The van der Waals surface area contributed by atoms with E-state index in [0.29, 0.717) is 11.5 Å². The summed E-state index contributed by atoms with van der Waals surface area (Å²) < 4.78 is 12.8. The Bertz CT molecular complexity index is 456. The van der Waals surface area contributed by atoms with Crippen molar-refractivity contribution in [1.82, 2.24) is 10.2 Å². The van der Waals surface area contributed by atoms with Crippen LogP contribution in [0.5, 0.6) is 0 Å². The first kappa shape index (κ1) is 12.6. The highest BCUT2D eigenvalue weighted by Gasteiger charge is 2.34. The molecule has 3 nitrogen and oxygen atoms in total. The van der Waals surface area contributed by atoms with Gasteiger partial charge in [0.15, 0.2) is 0 Å². The molecule has 1 saturated heterocycles. The van der Waals surface area contributed by atoms with Gasteiger partial charge in [-0.3, -0.25) is 4.79 Å². The fourth-order valence-electron chi connectivity index (χ4n) is 2.74. The number of carbonyl (C=O) groups excluding carboxylic acids is 1. The van der Waals surface area contributed by atoms with Gasteiger partial charge in [0.05, 0.1) is 0 Å². The van der Waals surface area contributed by atoms with E-state index in [-0.39, 0.29) is 11.7 Å². The third-order valence-corrected chi connectivity index (χ3v) is 4.04. The molecule has 2 fully saturated rings. The van der Waals surface area contributed by atoms with Gasteiger partial charge in [0, 0.05) is 24.7 Å². The molecule has 102 valence electrons. The number of benzene rings is 1. The van der Waals surface area contributed by atoms with E-state index < -0.39 is 0 Å². The van der Waals surface area contributed by atoms with Crippen LogP contribution in [0.2, 0.25) is 0 Å². The summed E-state index contributed by atoms with van der Waals surface area (Å²) >= 11 is 0. The van der Waals surface area contributed by atoms with Crippen LogP contribution in [0.15, 0.2) is 24.3 Å². The number of nitrogens with one attached hydrogen (secondary N) is 1. The van der Waals surface area contributed by atoms with Crippen molar-refractivity contribution >= 4 is 5.91 Å². The molecule has 1 N–H and O–H groups in total. The lowest BCUT2D eigenvalue weighted by atomic mass is 10.1. The number of amides is 1. The number of likely N-dealkylation sites (tertiary alicyclic amines) is 1. The van der Waals surface area contributed by atoms with Gasteiger partial charge < -0.3 is 10.2 Å². The Labute approximate surface area is 112 Å². The van der Waals surface area contributed by atoms with Gasteiger partial charge >= 0.3 is 0 Å². The molecular weight excluding hydrogens is 243 g/mol. The smallest absolute Gasteiger partial charge is 0.251 e. The number of carbonyl (C=O) groups is 1. The maximum atomic E-state index is 12.8. The standard InChI is InChI=1S/C15H19FN2O/c16-13-3-1-12(2-4-13)15(19)17-9-11-7-8-18(10-11)14-5-6-14/h1-4,11,14H,5-10H2,(H,17,19). The lowest BCUT2D eigenvalue weighted by molar-refractivity contribution is 0.0947. The van der Waals surface area contributed by atoms with Crippen molar-refractivity contribution in [3.05, 3.63) is 35.6 Å². The minimum atomic E-state index is -0.313. The highest BCUT2D eigenvalue weighted by Crippen LogP contribution is 2.31. The van der Waals surface area contributed by atoms with Gasteiger partial charge in [0.2, 0.25) is 0 Å². The zero-order valence-electron chi connectivity index (χ0n) is 10.9. The third kappa shape index (κ3) is 3.13. The number of nitrogens with zero attached hydrogens (tertiary/aromatic N) is 1. The van der Waals surface area contributed by atoms with E-state index in [4.69, 9.17) is 0 Å². The van der Waals surface area contributed by atoms with Gasteiger partial charge in [-0.05, 0) is 56.0 Å². The molecule has 4 heteroatoms. The van der Waals surface area contributed by atoms with E-state index >= 15 is 0 Å². The van der Waals surface area contributed by atoms with E-state index in [0.717, 1.165) is 19.1 Å². The van der Waals surface area contributed by atoms with Gasteiger partial charge in [0.1, 0.15) is 5.82 Å². The highest BCUT2D eigenvalue weighted by molar-refractivity contribution is 5.94. The first-order valence-electron chi connectivity index (χ1n) is 7.00. The van der Waals surface area contributed by atoms with Crippen LogP contribution >= 0.6 is 0 Å². The van der Waals surface area contributed by atoms with E-state index in [1.54, 1.807) is 0 Å². The summed E-state index contributed by atoms with van der Waals surface area (Å²) in [4.78, 5) is 14.4. The SMILES string of the molecule is O=C(NCC1CCN(C2CC2)C1)c1ccc(F)cc1. The molecule has 0 spiro atoms. The Morgan fingerprint density at radius 1 is 1.26 bits per heavy atom. The zero-order valence-corrected chi connectivity index (χ0v) is 10.9. The van der Waals surface area contributed by atoms with E-state index in [2.05, 4.69) is 10.2 Å². The molecule has 1 aliphatic heterocycles. The molecule has 1 aliphatic carbocycles. The number of hydrogen-bond donors (Lipinski definition) is 1. The molecule has 1 heterocycles. The quantitative estimate of drug-likeness (QED) is 0.900. The average Bonchev–Trinajstić information content (AvgIpc) is 3.16. The molecule has 19 heavy (non-hydrogen) atoms. The molecule has 1 unspecified atom stereocenters. The molecule has 2 aliphatic rings. The van der Waals surface area contributed by atoms with Crippen LogP contribution in [-0.4, -0.2) is 36.5 Å². The Morgan fingerprint density at radius 3 is 2.68 bits per heavy atom. The average molecular weight is 262 g/mol. The van der Waals surface area contributed by atoms with Crippen molar-refractivity contribution in [3.63, 3.8) is 0 Å². The van der Waals surface area contributed by atoms with Gasteiger partial charge in [0.25, 0.3) is 5.91 Å². The number of rotatable bonds is 4. The van der Waals surface area contributed by atoms with Crippen LogP contribution in [0.3, 0.4) is 0 Å². The first-order chi connectivity index (χ1) is 9.22. The molecule has 1 atom stereocenters. The lowest BCUT2D eigenvalue weighted by Gasteiger charge is -2.15. The molecule has 0 radical (unpaired) electrons. The largest absolute Gasteiger partial charge is 0.352 e. The van der Waals surface area contributed by atoms with Crippen molar-refractivity contribution in [1.29, 1.82) is 0 Å². The second-order valence-corrected chi connectivity index (χ2v) is 5.60. The third-order valence-electron chi connectivity index (χ3n) is 4.04. The zero-order chi connectivity index (χ0) is 13.2. The van der Waals surface area contributed by atoms with E-state index in [1.807, 2.05) is 0 Å². The Kier molecular flexibility index (Phi) is 3.51. The minimum absolute atomic E-state index is 0.107. The lowest BCUT2D eigenvalue weighted by Crippen LogP contribution is -2.31. The monoisotopic (exact) mass is 262 g/mol. The first-order valence-corrected chi connectivity index (χ1v) is 7.00. The summed E-state index contributed by atoms with van der Waals surface area (Å²) in [6.45, 7) is 3.00. The van der Waals surface area contributed by atoms with Crippen LogP contribution < -0.4 is 5.32 Å². The van der Waals surface area contributed by atoms with Crippen LogP contribution in [0.4, 0.5) is 4.39 Å². The minimum Gasteiger partial charge on any atom is -0.352 e. The Balaban J connectivity index is 1.46. The van der Waals surface area contributed by atoms with Crippen molar-refractivity contribution < 1.29 is 9.18 Å². The predicted octanol–water partition coefficient (Wildman–Crippen LogP) is 2.04. The molecule has 3 rings (SSSR count). The van der Waals surface area contributed by atoms with Crippen LogP contribution in [0, 0.1) is 11.7 Å². The molecule has 0 aromatic heterocycles. The highest BCUT2D eigenvalue weighted by atomic mass is 19.1. The molecular formula is C15H19FN2O. The fraction of sp³-hybridized carbons (Fsp3) is 0.533. The molecule has 1 amide bonds. The second kappa shape index (κ2) is 5.29. The Hall–Kier alpha value is -1.42. The van der Waals surface area contributed by atoms with E-state index in [9.17, 15) is 9.18 Å². The van der Waals surface area contributed by atoms with Crippen molar-refractivity contribution in [2.45, 2.75) is 25.3 Å². The van der Waals surface area contributed by atoms with Gasteiger partial charge in [-0.2, -0.15) is 0 Å². The van der Waals surface area contributed by atoms with Crippen molar-refractivity contribution in [2.75, 3.05) is 19.6 Å². The molecule has 1 aromatic rings. The molecule has 1 saturated carbocycles. The summed E-state index contributed by atoms with van der Waals surface area (Å²) in [5, 5.41) is 2.95.